The van der Waals surface area contributed by atoms with Crippen molar-refractivity contribution in [1.29, 1.82) is 0 Å². The van der Waals surface area contributed by atoms with Crippen LogP contribution in [0.2, 0.25) is 0 Å². The zero-order valence-corrected chi connectivity index (χ0v) is 16.9. The van der Waals surface area contributed by atoms with Gasteiger partial charge in [0.1, 0.15) is 29.9 Å². The van der Waals surface area contributed by atoms with Crippen LogP contribution in [0.15, 0.2) is 6.33 Å². The van der Waals surface area contributed by atoms with Crippen molar-refractivity contribution in [2.45, 2.75) is 64.4 Å². The molecule has 0 spiro atoms. The highest BCUT2D eigenvalue weighted by Gasteiger charge is 2.48. The molecule has 0 aromatic carbocycles. The lowest BCUT2D eigenvalue weighted by Crippen LogP contribution is -2.38. The van der Waals surface area contributed by atoms with E-state index in [2.05, 4.69) is 40.7 Å². The number of H-pyrrole nitrogens is 1. The Morgan fingerprint density at radius 3 is 2.46 bits per heavy atom. The number of rotatable bonds is 11. The first kappa shape index (κ1) is 20.9. The van der Waals surface area contributed by atoms with Crippen LogP contribution in [0.3, 0.4) is 0 Å². The molecule has 0 unspecified atom stereocenters. The Balaban J connectivity index is 1.88. The number of hydrogen-bond donors (Lipinski definition) is 2. The van der Waals surface area contributed by atoms with Gasteiger partial charge >= 0.3 is 0 Å². The second-order valence-electron chi connectivity index (χ2n) is 6.91. The summed E-state index contributed by atoms with van der Waals surface area (Å²) in [6, 6.07) is 0. The molecule has 9 nitrogen and oxygen atoms in total. The lowest BCUT2D eigenvalue weighted by molar-refractivity contribution is -0.0783. The van der Waals surface area contributed by atoms with Crippen molar-refractivity contribution < 1.29 is 18.9 Å². The van der Waals surface area contributed by atoms with Gasteiger partial charge in [0.2, 0.25) is 0 Å². The summed E-state index contributed by atoms with van der Waals surface area (Å²) in [4.78, 5) is 16.2. The average Bonchev–Trinajstić information content (AvgIpc) is 3.30. The van der Waals surface area contributed by atoms with Crippen molar-refractivity contribution in [3.63, 3.8) is 0 Å². The molecule has 2 aromatic rings. The van der Waals surface area contributed by atoms with Crippen molar-refractivity contribution in [1.82, 2.24) is 19.9 Å². The molecule has 156 valence electrons. The predicted molar refractivity (Wildman–Crippen MR) is 105 cm³/mol. The second-order valence-corrected chi connectivity index (χ2v) is 6.91. The summed E-state index contributed by atoms with van der Waals surface area (Å²) < 4.78 is 24.3. The number of nitrogen functional groups attached to an aromatic ring is 1. The van der Waals surface area contributed by atoms with E-state index in [-0.39, 0.29) is 18.3 Å². The van der Waals surface area contributed by atoms with Gasteiger partial charge in [0.25, 0.3) is 0 Å². The SMILES string of the molecule is CCCOC[C@H]1O[C@@H](c2nc(N)c3[nH]cnc3n2)[C@H](OCCC)[C@@H]1OCCC. The van der Waals surface area contributed by atoms with E-state index in [9.17, 15) is 0 Å². The number of anilines is 1. The Kier molecular flexibility index (Phi) is 7.55. The average molecular weight is 393 g/mol. The number of imidazole rings is 1. The van der Waals surface area contributed by atoms with Crippen molar-refractivity contribution in [3.05, 3.63) is 12.2 Å². The third kappa shape index (κ3) is 4.60. The molecule has 2 aromatic heterocycles. The fourth-order valence-corrected chi connectivity index (χ4v) is 3.31. The summed E-state index contributed by atoms with van der Waals surface area (Å²) in [5.74, 6) is 0.799. The van der Waals surface area contributed by atoms with Crippen LogP contribution >= 0.6 is 0 Å². The van der Waals surface area contributed by atoms with Crippen LogP contribution in [-0.4, -0.2) is 64.7 Å². The van der Waals surface area contributed by atoms with E-state index in [1.807, 2.05) is 0 Å². The maximum absolute atomic E-state index is 6.30. The van der Waals surface area contributed by atoms with Crippen LogP contribution in [0.4, 0.5) is 5.82 Å². The summed E-state index contributed by atoms with van der Waals surface area (Å²) in [6.45, 7) is 8.55. The first-order valence-corrected chi connectivity index (χ1v) is 10.1. The van der Waals surface area contributed by atoms with Gasteiger partial charge in [0.05, 0.1) is 12.9 Å². The molecular weight excluding hydrogens is 362 g/mol. The minimum atomic E-state index is -0.493. The quantitative estimate of drug-likeness (QED) is 0.559. The van der Waals surface area contributed by atoms with Gasteiger partial charge in [-0.3, -0.25) is 0 Å². The summed E-state index contributed by atoms with van der Waals surface area (Å²) in [5, 5.41) is 0. The number of nitrogens with two attached hydrogens (primary N) is 1. The van der Waals surface area contributed by atoms with E-state index in [0.29, 0.717) is 49.2 Å². The van der Waals surface area contributed by atoms with Crippen molar-refractivity contribution in [2.24, 2.45) is 0 Å². The van der Waals surface area contributed by atoms with Gasteiger partial charge in [-0.1, -0.05) is 20.8 Å². The van der Waals surface area contributed by atoms with E-state index < -0.39 is 6.10 Å². The number of nitrogens with zero attached hydrogens (tertiary/aromatic N) is 3. The van der Waals surface area contributed by atoms with Crippen LogP contribution in [0.1, 0.15) is 52.0 Å². The molecule has 1 aliphatic heterocycles. The Morgan fingerprint density at radius 2 is 1.75 bits per heavy atom. The van der Waals surface area contributed by atoms with Gasteiger partial charge in [-0.2, -0.15) is 0 Å². The van der Waals surface area contributed by atoms with Gasteiger partial charge in [-0.25, -0.2) is 15.0 Å². The highest BCUT2D eigenvalue weighted by Crippen LogP contribution is 2.37. The Labute approximate surface area is 165 Å². The number of ether oxygens (including phenoxy) is 4. The molecule has 4 atom stereocenters. The summed E-state index contributed by atoms with van der Waals surface area (Å²) >= 11 is 0. The molecule has 0 amide bonds. The van der Waals surface area contributed by atoms with Crippen LogP contribution in [-0.2, 0) is 18.9 Å². The third-order valence-corrected chi connectivity index (χ3v) is 4.55. The van der Waals surface area contributed by atoms with E-state index in [4.69, 9.17) is 24.7 Å². The van der Waals surface area contributed by atoms with Crippen LogP contribution < -0.4 is 5.73 Å². The lowest BCUT2D eigenvalue weighted by Gasteiger charge is -2.24. The van der Waals surface area contributed by atoms with E-state index in [1.54, 1.807) is 6.33 Å². The molecule has 0 saturated carbocycles. The first-order valence-electron chi connectivity index (χ1n) is 10.1. The van der Waals surface area contributed by atoms with Gasteiger partial charge in [-0.15, -0.1) is 0 Å². The fourth-order valence-electron chi connectivity index (χ4n) is 3.31. The summed E-state index contributed by atoms with van der Waals surface area (Å²) in [7, 11) is 0. The molecule has 0 bridgehead atoms. The van der Waals surface area contributed by atoms with Crippen molar-refractivity contribution in [3.8, 4) is 0 Å². The Hall–Kier alpha value is -1.81. The molecule has 9 heteroatoms. The first-order chi connectivity index (χ1) is 13.7. The van der Waals surface area contributed by atoms with Crippen molar-refractivity contribution in [2.75, 3.05) is 32.2 Å². The van der Waals surface area contributed by atoms with Crippen LogP contribution in [0, 0.1) is 0 Å². The van der Waals surface area contributed by atoms with Gasteiger partial charge < -0.3 is 29.7 Å². The fraction of sp³-hybridized carbons (Fsp3) is 0.737. The monoisotopic (exact) mass is 393 g/mol. The number of hydrogen-bond acceptors (Lipinski definition) is 8. The molecule has 1 fully saturated rings. The predicted octanol–water partition coefficient (Wildman–Crippen LogP) is 2.39. The topological polar surface area (TPSA) is 117 Å². The van der Waals surface area contributed by atoms with E-state index in [1.165, 1.54) is 0 Å². The van der Waals surface area contributed by atoms with Gasteiger partial charge in [0, 0.05) is 19.8 Å². The zero-order valence-electron chi connectivity index (χ0n) is 16.9. The second kappa shape index (κ2) is 10.1. The summed E-state index contributed by atoms with van der Waals surface area (Å²) in [6.07, 6.45) is 2.95. The molecule has 3 N–H and O–H groups in total. The number of aromatic nitrogens is 4. The van der Waals surface area contributed by atoms with Crippen LogP contribution in [0.5, 0.6) is 0 Å². The Bertz CT molecular complexity index is 740. The van der Waals surface area contributed by atoms with Crippen LogP contribution in [0.25, 0.3) is 11.2 Å². The van der Waals surface area contributed by atoms with E-state index in [0.717, 1.165) is 19.3 Å². The smallest absolute Gasteiger partial charge is 0.183 e. The highest BCUT2D eigenvalue weighted by atomic mass is 16.6. The Morgan fingerprint density at radius 1 is 1.04 bits per heavy atom. The highest BCUT2D eigenvalue weighted by molar-refractivity contribution is 5.80. The number of aromatic amines is 1. The largest absolute Gasteiger partial charge is 0.382 e. The molecular formula is C19H31N5O4. The zero-order chi connectivity index (χ0) is 19.9. The minimum absolute atomic E-state index is 0.256. The molecule has 1 aliphatic rings. The lowest BCUT2D eigenvalue weighted by atomic mass is 10.1. The normalized spacial score (nSPS) is 25.0. The van der Waals surface area contributed by atoms with Gasteiger partial charge in [0.15, 0.2) is 17.3 Å². The third-order valence-electron chi connectivity index (χ3n) is 4.55. The molecule has 3 heterocycles. The minimum Gasteiger partial charge on any atom is -0.382 e. The van der Waals surface area contributed by atoms with Gasteiger partial charge in [-0.05, 0) is 19.3 Å². The van der Waals surface area contributed by atoms with Crippen molar-refractivity contribution >= 4 is 17.0 Å². The molecule has 0 aliphatic carbocycles. The molecule has 3 rings (SSSR count). The molecule has 28 heavy (non-hydrogen) atoms. The molecule has 1 saturated heterocycles. The van der Waals surface area contributed by atoms with E-state index >= 15 is 0 Å². The molecule has 0 radical (unpaired) electrons. The standard InChI is InChI=1S/C19H31N5O4/c1-4-7-25-10-12-14(26-8-5-2)15(27-9-6-3)16(28-12)19-23-17(20)13-18(24-19)22-11-21-13/h11-12,14-16H,4-10H2,1-3H3,(H3,20,21,22,23,24)/t12-,14-,15-,16-/m1/s1. The maximum Gasteiger partial charge on any atom is 0.183 e. The maximum atomic E-state index is 6.30. The number of fused-ring (bicyclic) bond motifs is 1. The number of nitrogens with one attached hydrogen (secondary N) is 1. The summed E-state index contributed by atoms with van der Waals surface area (Å²) in [5.41, 5.74) is 7.22.